The monoisotopic (exact) mass is 160 g/mol. The lowest BCUT2D eigenvalue weighted by atomic mass is 10.2. The molecule has 0 aromatic carbocycles. The third-order valence-electron chi connectivity index (χ3n) is 2.12. The van der Waals surface area contributed by atoms with Crippen molar-refractivity contribution in [1.29, 1.82) is 0 Å². The average Bonchev–Trinajstić information content (AvgIpc) is 2.12. The fourth-order valence-corrected chi connectivity index (χ4v) is 2.26. The Morgan fingerprint density at radius 1 is 0.900 bits per heavy atom. The van der Waals surface area contributed by atoms with E-state index in [-0.39, 0.29) is 5.66 Å². The predicted molar refractivity (Wildman–Crippen MR) is 39.8 cm³/mol. The summed E-state index contributed by atoms with van der Waals surface area (Å²) in [7, 11) is -2.14. The number of rotatable bonds is 1. The Kier molecular flexibility index (Phi) is 3.14. The van der Waals surface area contributed by atoms with Crippen LogP contribution in [0.4, 0.5) is 0 Å². The maximum Gasteiger partial charge on any atom is 0.318 e. The number of hydrogen-bond donors (Lipinski definition) is 0. The van der Waals surface area contributed by atoms with E-state index < -0.39 is 7.68 Å². The Morgan fingerprint density at radius 2 is 1.40 bits per heavy atom. The van der Waals surface area contributed by atoms with E-state index in [4.69, 9.17) is 0 Å². The first kappa shape index (κ1) is 8.00. The van der Waals surface area contributed by atoms with Gasteiger partial charge in [-0.3, -0.25) is 0 Å². The molecule has 2 nitrogen and oxygen atoms in total. The van der Waals surface area contributed by atoms with Crippen molar-refractivity contribution >= 4 is 7.68 Å². The standard InChI is InChI=1S/C7H13O2P/c8-10(9)7-5-3-1-2-4-6-7/h7H,1-6H2. The van der Waals surface area contributed by atoms with E-state index in [2.05, 4.69) is 0 Å². The molecule has 0 bridgehead atoms. The van der Waals surface area contributed by atoms with E-state index in [9.17, 15) is 9.13 Å². The highest BCUT2D eigenvalue weighted by atomic mass is 31.1. The van der Waals surface area contributed by atoms with Gasteiger partial charge in [-0.15, -0.1) is 0 Å². The zero-order valence-electron chi connectivity index (χ0n) is 6.08. The summed E-state index contributed by atoms with van der Waals surface area (Å²) in [6, 6.07) is 0. The van der Waals surface area contributed by atoms with Crippen molar-refractivity contribution in [2.75, 3.05) is 0 Å². The first-order chi connectivity index (χ1) is 4.80. The van der Waals surface area contributed by atoms with E-state index in [1.54, 1.807) is 0 Å². The van der Waals surface area contributed by atoms with E-state index in [1.807, 2.05) is 0 Å². The molecule has 1 rings (SSSR count). The molecule has 1 aliphatic rings. The lowest BCUT2D eigenvalue weighted by Gasteiger charge is -2.00. The molecule has 58 valence electrons. The van der Waals surface area contributed by atoms with Gasteiger partial charge in [0.25, 0.3) is 0 Å². The SMILES string of the molecule is O=P(=O)C1CCCCCC1. The molecule has 10 heavy (non-hydrogen) atoms. The van der Waals surface area contributed by atoms with Crippen LogP contribution in [-0.4, -0.2) is 5.66 Å². The molecule has 1 saturated carbocycles. The molecule has 0 heterocycles. The topological polar surface area (TPSA) is 34.1 Å². The minimum atomic E-state index is -2.14. The average molecular weight is 160 g/mol. The third kappa shape index (κ3) is 2.26. The van der Waals surface area contributed by atoms with Crippen LogP contribution in [0.3, 0.4) is 0 Å². The Morgan fingerprint density at radius 3 is 1.80 bits per heavy atom. The third-order valence-corrected chi connectivity index (χ3v) is 3.24. The van der Waals surface area contributed by atoms with Crippen LogP contribution < -0.4 is 0 Å². The zero-order chi connectivity index (χ0) is 7.40. The van der Waals surface area contributed by atoms with E-state index in [1.165, 1.54) is 12.8 Å². The van der Waals surface area contributed by atoms with Gasteiger partial charge >= 0.3 is 7.68 Å². The Hall–Kier alpha value is -0.100. The van der Waals surface area contributed by atoms with Gasteiger partial charge in [-0.05, 0) is 12.8 Å². The van der Waals surface area contributed by atoms with Gasteiger partial charge in [0.1, 0.15) is 0 Å². The summed E-state index contributed by atoms with van der Waals surface area (Å²) >= 11 is 0. The maximum absolute atomic E-state index is 10.5. The molecule has 3 heteroatoms. The summed E-state index contributed by atoms with van der Waals surface area (Å²) in [5.74, 6) is 0. The molecular weight excluding hydrogens is 147 g/mol. The molecule has 0 aliphatic heterocycles. The molecule has 0 radical (unpaired) electrons. The van der Waals surface area contributed by atoms with Crippen LogP contribution in [0.5, 0.6) is 0 Å². The zero-order valence-corrected chi connectivity index (χ0v) is 6.98. The normalized spacial score (nSPS) is 22.0. The smallest absolute Gasteiger partial charge is 0.237 e. The van der Waals surface area contributed by atoms with E-state index in [0.717, 1.165) is 25.7 Å². The fraction of sp³-hybridized carbons (Fsp3) is 1.00. The van der Waals surface area contributed by atoms with Gasteiger partial charge in [0, 0.05) is 0 Å². The van der Waals surface area contributed by atoms with Gasteiger partial charge < -0.3 is 0 Å². The first-order valence-corrected chi connectivity index (χ1v) is 5.19. The van der Waals surface area contributed by atoms with E-state index >= 15 is 0 Å². The maximum atomic E-state index is 10.5. The predicted octanol–water partition coefficient (Wildman–Crippen LogP) is 2.88. The van der Waals surface area contributed by atoms with Crippen molar-refractivity contribution in [3.63, 3.8) is 0 Å². The Labute approximate surface area is 61.8 Å². The van der Waals surface area contributed by atoms with Crippen molar-refractivity contribution in [3.8, 4) is 0 Å². The summed E-state index contributed by atoms with van der Waals surface area (Å²) in [4.78, 5) is 0. The highest BCUT2D eigenvalue weighted by Gasteiger charge is 2.16. The molecule has 0 unspecified atom stereocenters. The molecule has 0 aromatic heterocycles. The summed E-state index contributed by atoms with van der Waals surface area (Å²) in [5, 5.41) is 0. The van der Waals surface area contributed by atoms with Crippen molar-refractivity contribution in [2.45, 2.75) is 44.2 Å². The van der Waals surface area contributed by atoms with Crippen molar-refractivity contribution in [3.05, 3.63) is 0 Å². The second-order valence-corrected chi connectivity index (χ2v) is 4.23. The van der Waals surface area contributed by atoms with Crippen LogP contribution in [0.25, 0.3) is 0 Å². The van der Waals surface area contributed by atoms with Crippen LogP contribution in [0.2, 0.25) is 0 Å². The van der Waals surface area contributed by atoms with Crippen LogP contribution in [0, 0.1) is 0 Å². The van der Waals surface area contributed by atoms with Gasteiger partial charge in [-0.25, -0.2) is 9.13 Å². The first-order valence-electron chi connectivity index (χ1n) is 3.94. The molecular formula is C7H13O2P. The highest BCUT2D eigenvalue weighted by Crippen LogP contribution is 2.29. The summed E-state index contributed by atoms with van der Waals surface area (Å²) in [5.41, 5.74) is -0.00231. The molecule has 0 amide bonds. The summed E-state index contributed by atoms with van der Waals surface area (Å²) in [6.45, 7) is 0. The van der Waals surface area contributed by atoms with Crippen molar-refractivity contribution in [1.82, 2.24) is 0 Å². The second-order valence-electron chi connectivity index (χ2n) is 2.93. The summed E-state index contributed by atoms with van der Waals surface area (Å²) < 4.78 is 21.1. The minimum absolute atomic E-state index is 0.00231. The van der Waals surface area contributed by atoms with Crippen LogP contribution in [0.1, 0.15) is 38.5 Å². The van der Waals surface area contributed by atoms with Gasteiger partial charge in [-0.2, -0.15) is 0 Å². The summed E-state index contributed by atoms with van der Waals surface area (Å²) in [6.07, 6.45) is 6.46. The van der Waals surface area contributed by atoms with Crippen LogP contribution in [0.15, 0.2) is 0 Å². The Balaban J connectivity index is 2.43. The largest absolute Gasteiger partial charge is 0.318 e. The fourth-order valence-electron chi connectivity index (χ4n) is 1.47. The van der Waals surface area contributed by atoms with Crippen molar-refractivity contribution < 1.29 is 9.13 Å². The lowest BCUT2D eigenvalue weighted by Crippen LogP contribution is -1.95. The van der Waals surface area contributed by atoms with Crippen molar-refractivity contribution in [2.24, 2.45) is 0 Å². The van der Waals surface area contributed by atoms with Gasteiger partial charge in [-0.1, -0.05) is 25.7 Å². The van der Waals surface area contributed by atoms with Crippen LogP contribution >= 0.6 is 7.68 Å². The lowest BCUT2D eigenvalue weighted by molar-refractivity contribution is 0.496. The molecule has 0 aromatic rings. The minimum Gasteiger partial charge on any atom is -0.237 e. The van der Waals surface area contributed by atoms with Gasteiger partial charge in [0.05, 0.1) is 5.66 Å². The molecule has 0 spiro atoms. The van der Waals surface area contributed by atoms with Crippen LogP contribution in [-0.2, 0) is 9.13 Å². The van der Waals surface area contributed by atoms with Gasteiger partial charge in [0.15, 0.2) is 0 Å². The quantitative estimate of drug-likeness (QED) is 0.436. The number of hydrogen-bond acceptors (Lipinski definition) is 2. The highest BCUT2D eigenvalue weighted by molar-refractivity contribution is 7.31. The molecule has 0 N–H and O–H groups in total. The molecule has 0 saturated heterocycles. The van der Waals surface area contributed by atoms with Gasteiger partial charge in [0.2, 0.25) is 0 Å². The molecule has 1 aliphatic carbocycles. The van der Waals surface area contributed by atoms with E-state index in [0.29, 0.717) is 0 Å². The molecule has 0 atom stereocenters. The molecule has 1 fully saturated rings. The second kappa shape index (κ2) is 3.92. The Bertz CT molecular complexity index is 147.